The van der Waals surface area contributed by atoms with Crippen molar-refractivity contribution in [1.29, 1.82) is 0 Å². The molecule has 0 aromatic rings. The van der Waals surface area contributed by atoms with Crippen LogP contribution in [-0.2, 0) is 19.1 Å². The van der Waals surface area contributed by atoms with E-state index in [0.29, 0.717) is 39.3 Å². The highest BCUT2D eigenvalue weighted by Gasteiger charge is 2.32. The fourth-order valence-corrected chi connectivity index (χ4v) is 2.41. The van der Waals surface area contributed by atoms with Gasteiger partial charge in [0, 0.05) is 32.7 Å². The molecule has 0 amide bonds. The molecule has 0 radical (unpaired) electrons. The second-order valence-electron chi connectivity index (χ2n) is 4.91. The number of nitrogens with zero attached hydrogens (tertiary/aromatic N) is 2. The molecule has 21 heavy (non-hydrogen) atoms. The molecular weight excluding hydrogens is 272 g/mol. The van der Waals surface area contributed by atoms with Crippen LogP contribution in [0.5, 0.6) is 0 Å². The molecular formula is C15H26N2O4. The Hall–Kier alpha value is -1.40. The first-order valence-electron chi connectivity index (χ1n) is 7.51. The minimum atomic E-state index is -0.293. The quantitative estimate of drug-likeness (QED) is 0.485. The van der Waals surface area contributed by atoms with Crippen molar-refractivity contribution >= 4 is 11.9 Å². The molecule has 1 atom stereocenters. The fraction of sp³-hybridized carbons (Fsp3) is 0.733. The zero-order valence-electron chi connectivity index (χ0n) is 13.0. The number of rotatable bonds is 8. The summed E-state index contributed by atoms with van der Waals surface area (Å²) in [6, 6.07) is -0.293. The van der Waals surface area contributed by atoms with Crippen LogP contribution in [0.15, 0.2) is 12.7 Å². The van der Waals surface area contributed by atoms with Gasteiger partial charge in [-0.15, -0.1) is 6.58 Å². The third kappa shape index (κ3) is 5.85. The summed E-state index contributed by atoms with van der Waals surface area (Å²) in [5.41, 5.74) is 0. The zero-order valence-corrected chi connectivity index (χ0v) is 13.0. The Morgan fingerprint density at radius 2 is 1.95 bits per heavy atom. The Labute approximate surface area is 126 Å². The predicted octanol–water partition coefficient (Wildman–Crippen LogP) is 0.675. The highest BCUT2D eigenvalue weighted by atomic mass is 16.5. The van der Waals surface area contributed by atoms with Crippen molar-refractivity contribution in [2.24, 2.45) is 0 Å². The van der Waals surface area contributed by atoms with E-state index in [1.54, 1.807) is 19.9 Å². The van der Waals surface area contributed by atoms with Crippen molar-refractivity contribution < 1.29 is 19.1 Å². The Balaban J connectivity index is 2.53. The Kier molecular flexibility index (Phi) is 8.00. The van der Waals surface area contributed by atoms with Gasteiger partial charge in [-0.3, -0.25) is 19.4 Å². The van der Waals surface area contributed by atoms with Gasteiger partial charge < -0.3 is 9.47 Å². The van der Waals surface area contributed by atoms with Crippen LogP contribution >= 0.6 is 0 Å². The summed E-state index contributed by atoms with van der Waals surface area (Å²) >= 11 is 0. The van der Waals surface area contributed by atoms with Gasteiger partial charge in [-0.2, -0.15) is 0 Å². The number of carbonyl (C=O) groups is 2. The maximum Gasteiger partial charge on any atom is 0.324 e. The average molecular weight is 298 g/mol. The van der Waals surface area contributed by atoms with Gasteiger partial charge in [0.05, 0.1) is 19.6 Å². The van der Waals surface area contributed by atoms with Gasteiger partial charge in [0.2, 0.25) is 0 Å². The Morgan fingerprint density at radius 1 is 1.24 bits per heavy atom. The molecule has 6 heteroatoms. The van der Waals surface area contributed by atoms with E-state index in [0.717, 1.165) is 13.1 Å². The van der Waals surface area contributed by atoms with Gasteiger partial charge in [0.15, 0.2) is 0 Å². The van der Waals surface area contributed by atoms with Crippen LogP contribution in [0.1, 0.15) is 20.3 Å². The molecule has 0 N–H and O–H groups in total. The smallest absolute Gasteiger partial charge is 0.324 e. The molecule has 1 heterocycles. The fourth-order valence-electron chi connectivity index (χ4n) is 2.41. The summed E-state index contributed by atoms with van der Waals surface area (Å²) in [7, 11) is 0. The van der Waals surface area contributed by atoms with E-state index < -0.39 is 0 Å². The van der Waals surface area contributed by atoms with Crippen molar-refractivity contribution in [3.05, 3.63) is 12.7 Å². The summed E-state index contributed by atoms with van der Waals surface area (Å²) in [6.07, 6.45) is 2.14. The third-order valence-corrected chi connectivity index (χ3v) is 3.44. The highest BCUT2D eigenvalue weighted by Crippen LogP contribution is 2.12. The van der Waals surface area contributed by atoms with Crippen LogP contribution in [0.3, 0.4) is 0 Å². The number of esters is 2. The van der Waals surface area contributed by atoms with Gasteiger partial charge in [-0.05, 0) is 13.8 Å². The molecule has 0 saturated carbocycles. The lowest BCUT2D eigenvalue weighted by molar-refractivity contribution is -0.152. The standard InChI is InChI=1S/C15H26N2O4/c1-4-8-17-11-10-16(9-7-14(18)20-5-2)12-13(17)15(19)21-6-3/h4,13H,1,5-12H2,2-3H3. The highest BCUT2D eigenvalue weighted by molar-refractivity contribution is 5.76. The lowest BCUT2D eigenvalue weighted by atomic mass is 10.1. The van der Waals surface area contributed by atoms with Crippen LogP contribution in [0.4, 0.5) is 0 Å². The van der Waals surface area contributed by atoms with Gasteiger partial charge in [-0.1, -0.05) is 6.08 Å². The number of hydrogen-bond acceptors (Lipinski definition) is 6. The van der Waals surface area contributed by atoms with E-state index >= 15 is 0 Å². The number of hydrogen-bond donors (Lipinski definition) is 0. The molecule has 0 aliphatic carbocycles. The SMILES string of the molecule is C=CCN1CCN(CCC(=O)OCC)CC1C(=O)OCC. The monoisotopic (exact) mass is 298 g/mol. The van der Waals surface area contributed by atoms with Crippen molar-refractivity contribution in [3.63, 3.8) is 0 Å². The van der Waals surface area contributed by atoms with Gasteiger partial charge in [-0.25, -0.2) is 0 Å². The lowest BCUT2D eigenvalue weighted by Crippen LogP contribution is -2.57. The zero-order chi connectivity index (χ0) is 15.7. The number of ether oxygens (including phenoxy) is 2. The molecule has 1 fully saturated rings. The largest absolute Gasteiger partial charge is 0.466 e. The summed E-state index contributed by atoms with van der Waals surface area (Å²) in [6.45, 7) is 11.5. The molecule has 6 nitrogen and oxygen atoms in total. The lowest BCUT2D eigenvalue weighted by Gasteiger charge is -2.39. The molecule has 0 aromatic heterocycles. The summed E-state index contributed by atoms with van der Waals surface area (Å²) in [5.74, 6) is -0.404. The van der Waals surface area contributed by atoms with Crippen molar-refractivity contribution in [2.45, 2.75) is 26.3 Å². The average Bonchev–Trinajstić information content (AvgIpc) is 2.47. The molecule has 1 aliphatic rings. The van der Waals surface area contributed by atoms with E-state index in [9.17, 15) is 9.59 Å². The topological polar surface area (TPSA) is 59.1 Å². The van der Waals surface area contributed by atoms with Crippen LogP contribution in [0.25, 0.3) is 0 Å². The van der Waals surface area contributed by atoms with E-state index in [1.165, 1.54) is 0 Å². The van der Waals surface area contributed by atoms with Gasteiger partial charge in [0.1, 0.15) is 6.04 Å². The molecule has 1 rings (SSSR count). The maximum atomic E-state index is 12.1. The van der Waals surface area contributed by atoms with E-state index in [2.05, 4.69) is 16.4 Å². The third-order valence-electron chi connectivity index (χ3n) is 3.44. The molecule has 1 aliphatic heterocycles. The van der Waals surface area contributed by atoms with Crippen molar-refractivity contribution in [1.82, 2.24) is 9.80 Å². The van der Waals surface area contributed by atoms with E-state index in [4.69, 9.17) is 9.47 Å². The normalized spacial score (nSPS) is 20.0. The summed E-state index contributed by atoms with van der Waals surface area (Å²) in [5, 5.41) is 0. The van der Waals surface area contributed by atoms with Gasteiger partial charge in [0.25, 0.3) is 0 Å². The second-order valence-corrected chi connectivity index (χ2v) is 4.91. The first-order chi connectivity index (χ1) is 10.1. The van der Waals surface area contributed by atoms with Crippen LogP contribution in [0, 0.1) is 0 Å². The van der Waals surface area contributed by atoms with E-state index in [-0.39, 0.29) is 18.0 Å². The first-order valence-corrected chi connectivity index (χ1v) is 7.51. The first kappa shape index (κ1) is 17.7. The van der Waals surface area contributed by atoms with Crippen LogP contribution in [0.2, 0.25) is 0 Å². The Morgan fingerprint density at radius 3 is 2.57 bits per heavy atom. The Bertz CT molecular complexity index is 360. The molecule has 1 unspecified atom stereocenters. The van der Waals surface area contributed by atoms with Crippen molar-refractivity contribution in [2.75, 3.05) is 45.9 Å². The molecule has 0 spiro atoms. The predicted molar refractivity (Wildman–Crippen MR) is 79.9 cm³/mol. The van der Waals surface area contributed by atoms with Gasteiger partial charge >= 0.3 is 11.9 Å². The minimum absolute atomic E-state index is 0.196. The molecule has 0 aromatic carbocycles. The summed E-state index contributed by atoms with van der Waals surface area (Å²) < 4.78 is 10.1. The maximum absolute atomic E-state index is 12.1. The molecule has 0 bridgehead atoms. The van der Waals surface area contributed by atoms with Crippen LogP contribution < -0.4 is 0 Å². The van der Waals surface area contributed by atoms with Crippen molar-refractivity contribution in [3.8, 4) is 0 Å². The molecule has 120 valence electrons. The van der Waals surface area contributed by atoms with E-state index in [1.807, 2.05) is 0 Å². The second kappa shape index (κ2) is 9.52. The number of piperazine rings is 1. The number of carbonyl (C=O) groups excluding carboxylic acids is 2. The van der Waals surface area contributed by atoms with Crippen LogP contribution in [-0.4, -0.2) is 73.7 Å². The molecule has 1 saturated heterocycles. The minimum Gasteiger partial charge on any atom is -0.466 e. The summed E-state index contributed by atoms with van der Waals surface area (Å²) in [4.78, 5) is 27.6.